The van der Waals surface area contributed by atoms with Gasteiger partial charge in [-0.3, -0.25) is 13.9 Å². The van der Waals surface area contributed by atoms with Crippen molar-refractivity contribution in [2.45, 2.75) is 51.1 Å². The van der Waals surface area contributed by atoms with Crippen molar-refractivity contribution >= 4 is 27.5 Å². The third-order valence-corrected chi connectivity index (χ3v) is 8.05. The van der Waals surface area contributed by atoms with Crippen LogP contribution in [0.5, 0.6) is 0 Å². The maximum Gasteiger partial charge on any atom is 0.264 e. The Balaban J connectivity index is 2.04. The first-order valence-electron chi connectivity index (χ1n) is 12.6. The second-order valence-electron chi connectivity index (χ2n) is 8.96. The third kappa shape index (κ3) is 6.98. The molecule has 9 heteroatoms. The van der Waals surface area contributed by atoms with Gasteiger partial charge >= 0.3 is 0 Å². The van der Waals surface area contributed by atoms with E-state index in [0.29, 0.717) is 13.0 Å². The van der Waals surface area contributed by atoms with E-state index in [1.54, 1.807) is 18.2 Å². The number of rotatable bonds is 12. The number of hydrogen-bond donors (Lipinski definition) is 1. The van der Waals surface area contributed by atoms with E-state index < -0.39 is 34.3 Å². The molecule has 3 aromatic carbocycles. The topological polar surface area (TPSA) is 86.8 Å². The van der Waals surface area contributed by atoms with E-state index in [0.717, 1.165) is 34.0 Å². The minimum absolute atomic E-state index is 0.00434. The molecular formula is C29H34FN3O4S. The van der Waals surface area contributed by atoms with E-state index in [2.05, 4.69) is 5.32 Å². The zero-order valence-corrected chi connectivity index (χ0v) is 22.7. The van der Waals surface area contributed by atoms with Gasteiger partial charge in [-0.2, -0.15) is 0 Å². The molecule has 3 rings (SSSR count). The number of halogens is 1. The molecule has 0 saturated carbocycles. The average molecular weight is 540 g/mol. The van der Waals surface area contributed by atoms with Crippen molar-refractivity contribution in [2.24, 2.45) is 0 Å². The van der Waals surface area contributed by atoms with Crippen LogP contribution >= 0.6 is 0 Å². The second kappa shape index (κ2) is 13.2. The molecule has 0 aliphatic rings. The summed E-state index contributed by atoms with van der Waals surface area (Å²) in [5.74, 6) is -1.37. The van der Waals surface area contributed by atoms with Crippen LogP contribution in [0.2, 0.25) is 0 Å². The lowest BCUT2D eigenvalue weighted by molar-refractivity contribution is -0.140. The van der Waals surface area contributed by atoms with Crippen LogP contribution in [-0.4, -0.2) is 44.3 Å². The molecule has 0 spiro atoms. The van der Waals surface area contributed by atoms with Crippen LogP contribution in [0.1, 0.15) is 37.8 Å². The van der Waals surface area contributed by atoms with E-state index in [4.69, 9.17) is 0 Å². The third-order valence-electron chi connectivity index (χ3n) is 6.26. The maximum atomic E-state index is 13.9. The quantitative estimate of drug-likeness (QED) is 0.363. The highest BCUT2D eigenvalue weighted by Crippen LogP contribution is 2.25. The number of anilines is 1. The van der Waals surface area contributed by atoms with Crippen molar-refractivity contribution in [3.63, 3.8) is 0 Å². The van der Waals surface area contributed by atoms with E-state index in [-0.39, 0.29) is 23.0 Å². The Kier molecular flexibility index (Phi) is 10.0. The van der Waals surface area contributed by atoms with Gasteiger partial charge in [0.2, 0.25) is 11.8 Å². The van der Waals surface area contributed by atoms with Gasteiger partial charge < -0.3 is 10.2 Å². The molecule has 0 aromatic heterocycles. The van der Waals surface area contributed by atoms with E-state index >= 15 is 0 Å². The summed E-state index contributed by atoms with van der Waals surface area (Å²) in [7, 11) is -4.18. The molecule has 1 atom stereocenters. The highest BCUT2D eigenvalue weighted by atomic mass is 32.2. The van der Waals surface area contributed by atoms with Gasteiger partial charge in [-0.1, -0.05) is 56.3 Å². The van der Waals surface area contributed by atoms with Crippen molar-refractivity contribution in [2.75, 3.05) is 17.4 Å². The molecule has 0 radical (unpaired) electrons. The number of nitrogens with one attached hydrogen (secondary N) is 1. The molecule has 0 unspecified atom stereocenters. The Bertz CT molecular complexity index is 1330. The second-order valence-corrected chi connectivity index (χ2v) is 10.8. The normalized spacial score (nSPS) is 12.0. The van der Waals surface area contributed by atoms with Crippen LogP contribution in [-0.2, 0) is 26.2 Å². The first-order chi connectivity index (χ1) is 18.2. The summed E-state index contributed by atoms with van der Waals surface area (Å²) in [6.07, 6.45) is 1.08. The van der Waals surface area contributed by atoms with Crippen molar-refractivity contribution in [3.05, 3.63) is 95.8 Å². The molecule has 38 heavy (non-hydrogen) atoms. The number of aryl methyl sites for hydroxylation is 1. The number of carbonyl (C=O) groups excluding carboxylic acids is 2. The highest BCUT2D eigenvalue weighted by molar-refractivity contribution is 7.92. The fourth-order valence-electron chi connectivity index (χ4n) is 4.11. The highest BCUT2D eigenvalue weighted by Gasteiger charge is 2.33. The van der Waals surface area contributed by atoms with Gasteiger partial charge in [-0.15, -0.1) is 0 Å². The van der Waals surface area contributed by atoms with Crippen molar-refractivity contribution in [1.82, 2.24) is 10.2 Å². The molecular weight excluding hydrogens is 505 g/mol. The van der Waals surface area contributed by atoms with Crippen molar-refractivity contribution in [1.29, 1.82) is 0 Å². The van der Waals surface area contributed by atoms with Gasteiger partial charge in [-0.25, -0.2) is 12.8 Å². The van der Waals surface area contributed by atoms with Gasteiger partial charge in [0.15, 0.2) is 0 Å². The maximum absolute atomic E-state index is 13.9. The summed E-state index contributed by atoms with van der Waals surface area (Å²) >= 11 is 0. The number of carbonyl (C=O) groups is 2. The van der Waals surface area contributed by atoms with E-state index in [1.165, 1.54) is 29.2 Å². The lowest BCUT2D eigenvalue weighted by Gasteiger charge is -2.33. The van der Waals surface area contributed by atoms with Crippen LogP contribution in [0.25, 0.3) is 0 Å². The lowest BCUT2D eigenvalue weighted by atomic mass is 10.1. The van der Waals surface area contributed by atoms with Gasteiger partial charge in [0.05, 0.1) is 10.6 Å². The van der Waals surface area contributed by atoms with Crippen LogP contribution in [0.15, 0.2) is 83.8 Å². The van der Waals surface area contributed by atoms with Crippen molar-refractivity contribution in [3.8, 4) is 0 Å². The number of nitrogens with zero attached hydrogens (tertiary/aromatic N) is 2. The molecule has 3 aromatic rings. The first-order valence-corrected chi connectivity index (χ1v) is 14.1. The Morgan fingerprint density at radius 3 is 2.16 bits per heavy atom. The smallest absolute Gasteiger partial charge is 0.264 e. The number of benzene rings is 3. The number of amides is 2. The molecule has 202 valence electrons. The Hall–Kier alpha value is -3.72. The summed E-state index contributed by atoms with van der Waals surface area (Å²) in [5.41, 5.74) is 1.94. The predicted molar refractivity (Wildman–Crippen MR) is 146 cm³/mol. The van der Waals surface area contributed by atoms with E-state index in [9.17, 15) is 22.4 Å². The lowest BCUT2D eigenvalue weighted by Crippen LogP contribution is -2.52. The molecule has 0 bridgehead atoms. The predicted octanol–water partition coefficient (Wildman–Crippen LogP) is 4.66. The fraction of sp³-hybridized carbons (Fsp3) is 0.310. The fourth-order valence-corrected chi connectivity index (χ4v) is 5.55. The van der Waals surface area contributed by atoms with Crippen LogP contribution in [0, 0.1) is 12.7 Å². The summed E-state index contributed by atoms with van der Waals surface area (Å²) in [6.45, 7) is 5.70. The summed E-state index contributed by atoms with van der Waals surface area (Å²) in [6, 6.07) is 19.4. The minimum Gasteiger partial charge on any atom is -0.354 e. The molecule has 2 amide bonds. The van der Waals surface area contributed by atoms with Gasteiger partial charge in [0.1, 0.15) is 18.4 Å². The largest absolute Gasteiger partial charge is 0.354 e. The standard InChI is InChI=1S/C29H34FN3O4S/c1-4-19-31-29(35)27(5-2)32(20-23-12-10-9-11-22(23)3)28(34)21-33(25-17-15-24(30)16-18-25)38(36,37)26-13-7-6-8-14-26/h6-18,27H,4-5,19-21H2,1-3H3,(H,31,35)/t27-/m0/s1. The van der Waals surface area contributed by atoms with Gasteiger partial charge in [0.25, 0.3) is 10.0 Å². The SMILES string of the molecule is CCCNC(=O)[C@H](CC)N(Cc1ccccc1C)C(=O)CN(c1ccc(F)cc1)S(=O)(=O)c1ccccc1. The summed E-state index contributed by atoms with van der Waals surface area (Å²) in [5, 5.41) is 2.86. The van der Waals surface area contributed by atoms with Crippen LogP contribution in [0.3, 0.4) is 0 Å². The Morgan fingerprint density at radius 1 is 0.921 bits per heavy atom. The molecule has 7 nitrogen and oxygen atoms in total. The molecule has 0 heterocycles. The molecule has 0 aliphatic carbocycles. The molecule has 0 fully saturated rings. The monoisotopic (exact) mass is 539 g/mol. The van der Waals surface area contributed by atoms with Gasteiger partial charge in [0, 0.05) is 13.1 Å². The van der Waals surface area contributed by atoms with Crippen LogP contribution < -0.4 is 9.62 Å². The average Bonchev–Trinajstić information content (AvgIpc) is 2.92. The summed E-state index contributed by atoms with van der Waals surface area (Å²) in [4.78, 5) is 28.4. The molecule has 0 saturated heterocycles. The van der Waals surface area contributed by atoms with Gasteiger partial charge in [-0.05, 0) is 67.3 Å². The summed E-state index contributed by atoms with van der Waals surface area (Å²) < 4.78 is 42.0. The molecule has 0 aliphatic heterocycles. The minimum atomic E-state index is -4.18. The van der Waals surface area contributed by atoms with Crippen molar-refractivity contribution < 1.29 is 22.4 Å². The van der Waals surface area contributed by atoms with E-state index in [1.807, 2.05) is 45.0 Å². The first kappa shape index (κ1) is 28.8. The Labute approximate surface area is 224 Å². The Morgan fingerprint density at radius 2 is 1.55 bits per heavy atom. The zero-order valence-electron chi connectivity index (χ0n) is 21.9. The van der Waals surface area contributed by atoms with Crippen LogP contribution in [0.4, 0.5) is 10.1 Å². The molecule has 1 N–H and O–H groups in total. The number of sulfonamides is 1. The number of hydrogen-bond acceptors (Lipinski definition) is 4. The zero-order chi connectivity index (χ0) is 27.7.